The fourth-order valence-corrected chi connectivity index (χ4v) is 1.80. The summed E-state index contributed by atoms with van der Waals surface area (Å²) in [7, 11) is 0. The second-order valence-corrected chi connectivity index (χ2v) is 3.57. The van der Waals surface area contributed by atoms with Crippen LogP contribution < -0.4 is 0 Å². The minimum Gasteiger partial charge on any atom is -0.103 e. The maximum absolute atomic E-state index is 3.81. The molecule has 1 rings (SSSR count). The van der Waals surface area contributed by atoms with Gasteiger partial charge in [0.15, 0.2) is 0 Å². The van der Waals surface area contributed by atoms with Crippen LogP contribution in [0.4, 0.5) is 0 Å². The van der Waals surface area contributed by atoms with Gasteiger partial charge in [-0.25, -0.2) is 0 Å². The van der Waals surface area contributed by atoms with Crippen molar-refractivity contribution in [2.75, 3.05) is 0 Å². The van der Waals surface area contributed by atoms with Crippen LogP contribution in [0.5, 0.6) is 0 Å². The molecule has 0 heterocycles. The standard InChI is InChI=1S/C15H18/c1-4-8-13-11-7-12-14(9-5-2)15(13)10-6-3/h4,6-7,11-12H,1,3,8-10H2,2H3. The second-order valence-electron chi connectivity index (χ2n) is 3.57. The molecule has 0 aromatic heterocycles. The summed E-state index contributed by atoms with van der Waals surface area (Å²) in [5.74, 6) is 0. The topological polar surface area (TPSA) is 0 Å². The van der Waals surface area contributed by atoms with Gasteiger partial charge in [0, 0.05) is 0 Å². The Morgan fingerprint density at radius 2 is 1.80 bits per heavy atom. The summed E-state index contributed by atoms with van der Waals surface area (Å²) in [5.41, 5.74) is 4.11. The van der Waals surface area contributed by atoms with Crippen LogP contribution in [0.2, 0.25) is 0 Å². The summed E-state index contributed by atoms with van der Waals surface area (Å²) < 4.78 is 0. The number of benzene rings is 1. The van der Waals surface area contributed by atoms with Gasteiger partial charge in [0.05, 0.1) is 0 Å². The first-order valence-corrected chi connectivity index (χ1v) is 5.29. The molecule has 0 heteroatoms. The van der Waals surface area contributed by atoms with Crippen LogP contribution in [-0.4, -0.2) is 0 Å². The van der Waals surface area contributed by atoms with Crippen molar-refractivity contribution in [3.8, 4) is 0 Å². The first-order chi connectivity index (χ1) is 7.33. The summed E-state index contributed by atoms with van der Waals surface area (Å²) >= 11 is 0. The van der Waals surface area contributed by atoms with Crippen LogP contribution in [-0.2, 0) is 19.3 Å². The molecule has 78 valence electrons. The molecule has 0 nitrogen and oxygen atoms in total. The average molecular weight is 198 g/mol. The van der Waals surface area contributed by atoms with E-state index in [4.69, 9.17) is 0 Å². The highest BCUT2D eigenvalue weighted by atomic mass is 14.1. The first-order valence-electron chi connectivity index (χ1n) is 5.29. The lowest BCUT2D eigenvalue weighted by Crippen LogP contribution is -1.98. The predicted molar refractivity (Wildman–Crippen MR) is 66.9 cm³/mol. The normalized spacial score (nSPS) is 9.93. The summed E-state index contributed by atoms with van der Waals surface area (Å²) in [6.45, 7) is 9.57. The van der Waals surface area contributed by atoms with Gasteiger partial charge in [0.1, 0.15) is 0 Å². The second kappa shape index (κ2) is 6.23. The Balaban J connectivity index is 3.08. The Kier molecular flexibility index (Phi) is 4.89. The van der Waals surface area contributed by atoms with E-state index in [-0.39, 0.29) is 0 Å². The molecule has 0 aliphatic heterocycles. The van der Waals surface area contributed by atoms with E-state index in [0.29, 0.717) is 0 Å². The van der Waals surface area contributed by atoms with Crippen LogP contribution in [0.15, 0.2) is 43.5 Å². The zero-order valence-electron chi connectivity index (χ0n) is 9.42. The molecule has 0 spiro atoms. The predicted octanol–water partition coefficient (Wildman–Crippen LogP) is 3.79. The molecule has 2 radical (unpaired) electrons. The SMILES string of the molecule is C=CCc1cccc(C[C]C)c1CC=C. The van der Waals surface area contributed by atoms with Gasteiger partial charge in [0.2, 0.25) is 0 Å². The van der Waals surface area contributed by atoms with Gasteiger partial charge in [-0.3, -0.25) is 0 Å². The fourth-order valence-electron chi connectivity index (χ4n) is 1.80. The number of hydrogen-bond acceptors (Lipinski definition) is 0. The largest absolute Gasteiger partial charge is 0.103 e. The van der Waals surface area contributed by atoms with Crippen molar-refractivity contribution in [2.45, 2.75) is 26.2 Å². The third kappa shape index (κ3) is 3.09. The molecule has 15 heavy (non-hydrogen) atoms. The quantitative estimate of drug-likeness (QED) is 0.610. The molecule has 1 aromatic carbocycles. The van der Waals surface area contributed by atoms with Gasteiger partial charge in [0.25, 0.3) is 0 Å². The molecule has 0 saturated heterocycles. The van der Waals surface area contributed by atoms with Crippen LogP contribution in [0.3, 0.4) is 0 Å². The smallest absolute Gasteiger partial charge is 0.00945 e. The van der Waals surface area contributed by atoms with Gasteiger partial charge in [-0.05, 0) is 42.4 Å². The van der Waals surface area contributed by atoms with Crippen molar-refractivity contribution in [2.24, 2.45) is 0 Å². The van der Waals surface area contributed by atoms with E-state index >= 15 is 0 Å². The van der Waals surface area contributed by atoms with Crippen molar-refractivity contribution in [1.29, 1.82) is 0 Å². The number of rotatable bonds is 6. The summed E-state index contributed by atoms with van der Waals surface area (Å²) in [4.78, 5) is 0. The van der Waals surface area contributed by atoms with Crippen LogP contribution in [0, 0.1) is 6.42 Å². The summed E-state index contributed by atoms with van der Waals surface area (Å²) in [6, 6.07) is 6.44. The molecule has 0 aliphatic rings. The van der Waals surface area contributed by atoms with Gasteiger partial charge in [-0.2, -0.15) is 0 Å². The highest BCUT2D eigenvalue weighted by Gasteiger charge is 2.05. The zero-order valence-corrected chi connectivity index (χ0v) is 9.42. The van der Waals surface area contributed by atoms with E-state index in [9.17, 15) is 0 Å². The molecule has 1 aromatic rings. The van der Waals surface area contributed by atoms with E-state index in [1.165, 1.54) is 16.7 Å². The Bertz CT molecular complexity index is 334. The Morgan fingerprint density at radius 3 is 2.40 bits per heavy atom. The summed E-state index contributed by atoms with van der Waals surface area (Å²) in [5, 5.41) is 0. The third-order valence-corrected chi connectivity index (χ3v) is 2.45. The van der Waals surface area contributed by atoms with E-state index in [1.807, 2.05) is 19.1 Å². The highest BCUT2D eigenvalue weighted by molar-refractivity contribution is 5.38. The molecule has 0 N–H and O–H groups in total. The minimum absolute atomic E-state index is 0.911. The van der Waals surface area contributed by atoms with E-state index in [0.717, 1.165) is 19.3 Å². The van der Waals surface area contributed by atoms with Gasteiger partial charge >= 0.3 is 0 Å². The van der Waals surface area contributed by atoms with Crippen LogP contribution in [0.1, 0.15) is 23.6 Å². The van der Waals surface area contributed by atoms with Gasteiger partial charge in [-0.1, -0.05) is 37.3 Å². The molecule has 0 aliphatic carbocycles. The Labute approximate surface area is 93.3 Å². The lowest BCUT2D eigenvalue weighted by Gasteiger charge is -2.11. The van der Waals surface area contributed by atoms with Crippen molar-refractivity contribution in [1.82, 2.24) is 0 Å². The first kappa shape index (κ1) is 11.8. The Hall–Kier alpha value is -1.30. The monoisotopic (exact) mass is 198 g/mol. The minimum atomic E-state index is 0.911. The molecule has 0 atom stereocenters. The molecule has 0 amide bonds. The molecular formula is C15H18. The molecule has 0 fully saturated rings. The van der Waals surface area contributed by atoms with Crippen LogP contribution in [0.25, 0.3) is 0 Å². The Morgan fingerprint density at radius 1 is 1.13 bits per heavy atom. The number of allylic oxidation sites excluding steroid dienone is 2. The molecule has 0 bridgehead atoms. The average Bonchev–Trinajstić information content (AvgIpc) is 2.23. The van der Waals surface area contributed by atoms with Crippen molar-refractivity contribution < 1.29 is 0 Å². The van der Waals surface area contributed by atoms with Gasteiger partial charge in [-0.15, -0.1) is 13.2 Å². The van der Waals surface area contributed by atoms with Crippen molar-refractivity contribution >= 4 is 0 Å². The van der Waals surface area contributed by atoms with Gasteiger partial charge < -0.3 is 0 Å². The zero-order chi connectivity index (χ0) is 11.1. The van der Waals surface area contributed by atoms with Crippen molar-refractivity contribution in [3.63, 3.8) is 0 Å². The lowest BCUT2D eigenvalue weighted by molar-refractivity contribution is 1.05. The molecule has 0 unspecified atom stereocenters. The fraction of sp³-hybridized carbons (Fsp3) is 0.267. The highest BCUT2D eigenvalue weighted by Crippen LogP contribution is 2.18. The van der Waals surface area contributed by atoms with E-state index < -0.39 is 0 Å². The molecular weight excluding hydrogens is 180 g/mol. The van der Waals surface area contributed by atoms with Crippen LogP contribution >= 0.6 is 0 Å². The summed E-state index contributed by atoms with van der Waals surface area (Å²) in [6.07, 6.45) is 9.87. The van der Waals surface area contributed by atoms with E-state index in [1.54, 1.807) is 0 Å². The maximum atomic E-state index is 3.81. The number of hydrogen-bond donors (Lipinski definition) is 0. The maximum Gasteiger partial charge on any atom is -0.00945 e. The third-order valence-electron chi connectivity index (χ3n) is 2.45. The lowest BCUT2D eigenvalue weighted by atomic mass is 9.94. The van der Waals surface area contributed by atoms with E-state index in [2.05, 4.69) is 37.8 Å². The molecule has 0 saturated carbocycles. The van der Waals surface area contributed by atoms with Crippen molar-refractivity contribution in [3.05, 3.63) is 66.6 Å².